The molecule has 0 spiro atoms. The average Bonchev–Trinajstić information content (AvgIpc) is 2.95. The molecule has 0 aliphatic heterocycles. The van der Waals surface area contributed by atoms with Gasteiger partial charge < -0.3 is 25.0 Å². The molecule has 0 radical (unpaired) electrons. The molecule has 0 aliphatic rings. The molecule has 1 atom stereocenters. The Hall–Kier alpha value is -2.16. The van der Waals surface area contributed by atoms with Gasteiger partial charge in [-0.3, -0.25) is 9.59 Å². The van der Waals surface area contributed by atoms with Crippen molar-refractivity contribution in [2.24, 2.45) is 0 Å². The normalized spacial score (nSPS) is 12.1. The molecule has 0 aromatic heterocycles. The Morgan fingerprint density at radius 1 is 0.659 bits per heavy atom. The number of esters is 1. The van der Waals surface area contributed by atoms with Crippen molar-refractivity contribution in [3.63, 3.8) is 0 Å². The summed E-state index contributed by atoms with van der Waals surface area (Å²) in [6.07, 6.45) is 22.5. The van der Waals surface area contributed by atoms with E-state index in [2.05, 4.69) is 17.6 Å². The van der Waals surface area contributed by atoms with E-state index in [-0.39, 0.29) is 30.9 Å². The van der Waals surface area contributed by atoms with Crippen molar-refractivity contribution in [3.05, 3.63) is 0 Å². The van der Waals surface area contributed by atoms with Crippen LogP contribution >= 0.6 is 0 Å². The van der Waals surface area contributed by atoms with Crippen LogP contribution in [0.25, 0.3) is 0 Å². The molecule has 1 unspecified atom stereocenters. The number of aliphatic carboxylic acids is 1. The third-order valence-corrected chi connectivity index (χ3v) is 8.14. The number of carboxylic acids is 1. The molecule has 9 heteroatoms. The molecule has 0 bridgehead atoms. The maximum Gasteiger partial charge on any atom is 0.359 e. The molecule has 0 aromatic rings. The second-order valence-electron chi connectivity index (χ2n) is 13.1. The van der Waals surface area contributed by atoms with Crippen molar-refractivity contribution in [2.45, 2.75) is 161 Å². The zero-order valence-corrected chi connectivity index (χ0v) is 28.9. The molecule has 2 amide bonds. The first-order valence-corrected chi connectivity index (χ1v) is 17.9. The minimum Gasteiger partial charge on any atom is -0.477 e. The Bertz CT molecular complexity index is 759. The van der Waals surface area contributed by atoms with Gasteiger partial charge in [-0.2, -0.15) is 0 Å². The highest BCUT2D eigenvalue weighted by atomic mass is 16.5. The number of carbonyl (C=O) groups is 4. The Morgan fingerprint density at radius 2 is 1.16 bits per heavy atom. The smallest absolute Gasteiger partial charge is 0.359 e. The number of nitrogens with zero attached hydrogens (tertiary/aromatic N) is 1. The lowest BCUT2D eigenvalue weighted by Gasteiger charge is -2.27. The fourth-order valence-electron chi connectivity index (χ4n) is 5.48. The van der Waals surface area contributed by atoms with Gasteiger partial charge in [-0.15, -0.1) is 0 Å². The number of ether oxygens (including phenoxy) is 1. The lowest BCUT2D eigenvalue weighted by Crippen LogP contribution is -2.44. The molecule has 0 rings (SSSR count). The van der Waals surface area contributed by atoms with E-state index < -0.39 is 12.0 Å². The first-order valence-electron chi connectivity index (χ1n) is 17.9. The van der Waals surface area contributed by atoms with Crippen molar-refractivity contribution in [2.75, 3.05) is 40.3 Å². The maximum absolute atomic E-state index is 12.5. The van der Waals surface area contributed by atoms with Crippen LogP contribution in [0.4, 0.5) is 0 Å². The van der Waals surface area contributed by atoms with Gasteiger partial charge in [0, 0.05) is 19.4 Å². The third kappa shape index (κ3) is 27.4. The molecule has 0 saturated carbocycles. The molecule has 0 aliphatic carbocycles. The third-order valence-electron chi connectivity index (χ3n) is 8.14. The van der Waals surface area contributed by atoms with Crippen LogP contribution in [0.2, 0.25) is 0 Å². The number of amides is 2. The lowest BCUT2D eigenvalue weighted by atomic mass is 10.1. The van der Waals surface area contributed by atoms with Gasteiger partial charge >= 0.3 is 11.9 Å². The number of hydrogen-bond donors (Lipinski definition) is 3. The predicted molar refractivity (Wildman–Crippen MR) is 178 cm³/mol. The van der Waals surface area contributed by atoms with Gasteiger partial charge in [0.1, 0.15) is 6.04 Å². The van der Waals surface area contributed by atoms with Crippen molar-refractivity contribution >= 4 is 23.8 Å². The molecular formula is C35H68N3O6+. The van der Waals surface area contributed by atoms with Gasteiger partial charge in [-0.1, -0.05) is 90.4 Å². The number of carboxylic acid groups (broad SMARTS) is 1. The second kappa shape index (κ2) is 28.3. The summed E-state index contributed by atoms with van der Waals surface area (Å²) in [5.74, 6) is -1.16. The molecule has 0 saturated heterocycles. The number of nitrogens with one attached hydrogen (secondary N) is 2. The SMILES string of the molecule is CCCCCCCCCCCC(=O)NCCCCC(NC(=O)CCCCCCCCCC[N+](C)(C)CC(=O)O)C(=O)OCC. The van der Waals surface area contributed by atoms with Gasteiger partial charge in [0.25, 0.3) is 0 Å². The van der Waals surface area contributed by atoms with E-state index in [9.17, 15) is 19.2 Å². The van der Waals surface area contributed by atoms with E-state index in [0.29, 0.717) is 30.3 Å². The van der Waals surface area contributed by atoms with Gasteiger partial charge in [0.15, 0.2) is 6.54 Å². The van der Waals surface area contributed by atoms with Crippen LogP contribution in [0.3, 0.4) is 0 Å². The molecule has 44 heavy (non-hydrogen) atoms. The van der Waals surface area contributed by atoms with E-state index in [1.165, 1.54) is 44.9 Å². The molecule has 9 nitrogen and oxygen atoms in total. The number of carbonyl (C=O) groups excluding carboxylic acids is 3. The number of unbranched alkanes of at least 4 members (excludes halogenated alkanes) is 16. The molecule has 0 fully saturated rings. The Balaban J connectivity index is 3.94. The Labute approximate surface area is 269 Å². The van der Waals surface area contributed by atoms with E-state index in [1.54, 1.807) is 6.92 Å². The highest BCUT2D eigenvalue weighted by Crippen LogP contribution is 2.13. The zero-order chi connectivity index (χ0) is 32.9. The largest absolute Gasteiger partial charge is 0.477 e. The number of rotatable bonds is 31. The van der Waals surface area contributed by atoms with Gasteiger partial charge in [0.2, 0.25) is 11.8 Å². The quantitative estimate of drug-likeness (QED) is 0.0437. The van der Waals surface area contributed by atoms with Gasteiger partial charge in [-0.25, -0.2) is 9.59 Å². The van der Waals surface area contributed by atoms with E-state index >= 15 is 0 Å². The lowest BCUT2D eigenvalue weighted by molar-refractivity contribution is -0.883. The Morgan fingerprint density at radius 3 is 1.68 bits per heavy atom. The second-order valence-corrected chi connectivity index (χ2v) is 13.1. The molecule has 3 N–H and O–H groups in total. The number of quaternary nitrogens is 1. The van der Waals surface area contributed by atoms with Crippen LogP contribution in [0.1, 0.15) is 155 Å². The highest BCUT2D eigenvalue weighted by molar-refractivity contribution is 5.84. The summed E-state index contributed by atoms with van der Waals surface area (Å²) < 4.78 is 5.70. The Kier molecular flexibility index (Phi) is 26.9. The van der Waals surface area contributed by atoms with E-state index in [1.807, 2.05) is 14.1 Å². The molecule has 0 aromatic carbocycles. The predicted octanol–water partition coefficient (Wildman–Crippen LogP) is 6.91. The fourth-order valence-corrected chi connectivity index (χ4v) is 5.48. The first-order chi connectivity index (χ1) is 21.1. The van der Waals surface area contributed by atoms with Crippen LogP contribution in [0.5, 0.6) is 0 Å². The molecular weight excluding hydrogens is 558 g/mol. The average molecular weight is 627 g/mol. The van der Waals surface area contributed by atoms with Crippen molar-refractivity contribution in [1.82, 2.24) is 10.6 Å². The van der Waals surface area contributed by atoms with Crippen LogP contribution in [0, 0.1) is 0 Å². The van der Waals surface area contributed by atoms with E-state index in [0.717, 1.165) is 83.6 Å². The summed E-state index contributed by atoms with van der Waals surface area (Å²) in [6.45, 7) is 5.90. The fraction of sp³-hybridized carbons (Fsp3) is 0.886. The van der Waals surface area contributed by atoms with Crippen LogP contribution in [-0.2, 0) is 23.9 Å². The zero-order valence-electron chi connectivity index (χ0n) is 28.9. The standard InChI is InChI=1S/C35H67N3O6/c1-5-7-8-9-10-11-14-17-20-26-32(39)36-28-23-22-25-31(35(43)44-6-2)37-33(40)27-21-18-15-12-13-16-19-24-29-38(3,4)30-34(41)42/h31H,5-30H2,1-4H3,(H2-,36,37,39,40,41,42)/p+1. The minimum atomic E-state index is -0.753. The van der Waals surface area contributed by atoms with Crippen molar-refractivity contribution in [3.8, 4) is 0 Å². The van der Waals surface area contributed by atoms with Crippen molar-refractivity contribution in [1.29, 1.82) is 0 Å². The summed E-state index contributed by atoms with van der Waals surface area (Å²) in [4.78, 5) is 47.9. The first kappa shape index (κ1) is 41.8. The molecule has 0 heterocycles. The highest BCUT2D eigenvalue weighted by Gasteiger charge is 2.21. The number of likely N-dealkylation sites (N-methyl/N-ethyl adjacent to an activating group) is 1. The van der Waals surface area contributed by atoms with Gasteiger partial charge in [-0.05, 0) is 51.9 Å². The maximum atomic E-state index is 12.5. The summed E-state index contributed by atoms with van der Waals surface area (Å²) in [6, 6.07) is -0.640. The topological polar surface area (TPSA) is 122 Å². The summed E-state index contributed by atoms with van der Waals surface area (Å²) in [5, 5.41) is 14.8. The van der Waals surface area contributed by atoms with Crippen LogP contribution in [0.15, 0.2) is 0 Å². The van der Waals surface area contributed by atoms with Crippen LogP contribution < -0.4 is 10.6 Å². The summed E-state index contributed by atoms with van der Waals surface area (Å²) in [7, 11) is 3.92. The summed E-state index contributed by atoms with van der Waals surface area (Å²) in [5.41, 5.74) is 0. The van der Waals surface area contributed by atoms with Crippen molar-refractivity contribution < 1.29 is 33.5 Å². The van der Waals surface area contributed by atoms with Crippen LogP contribution in [-0.4, -0.2) is 79.7 Å². The molecule has 258 valence electrons. The minimum absolute atomic E-state index is 0.0968. The van der Waals surface area contributed by atoms with Gasteiger partial charge in [0.05, 0.1) is 27.2 Å². The summed E-state index contributed by atoms with van der Waals surface area (Å²) >= 11 is 0. The number of hydrogen-bond acceptors (Lipinski definition) is 5. The monoisotopic (exact) mass is 627 g/mol. The van der Waals surface area contributed by atoms with E-state index in [4.69, 9.17) is 9.84 Å².